The molecule has 9 heavy (non-hydrogen) atoms. The number of hydrogen-bond acceptors (Lipinski definition) is 1. The van der Waals surface area contributed by atoms with Crippen molar-refractivity contribution in [1.82, 2.24) is 0 Å². The van der Waals surface area contributed by atoms with Gasteiger partial charge in [-0.3, -0.25) is 0 Å². The van der Waals surface area contributed by atoms with E-state index in [2.05, 4.69) is 6.92 Å². The predicted molar refractivity (Wildman–Crippen MR) is 43.0 cm³/mol. The smallest absolute Gasteiger partial charge is 0.119 e. The Bertz CT molecular complexity index is 65.5. The van der Waals surface area contributed by atoms with Gasteiger partial charge in [-0.15, -0.1) is 23.2 Å². The molecule has 0 heterocycles. The summed E-state index contributed by atoms with van der Waals surface area (Å²) < 4.78 is -0.580. The molecule has 3 heteroatoms. The summed E-state index contributed by atoms with van der Waals surface area (Å²) in [6.07, 6.45) is 2.52. The molecule has 0 radical (unpaired) electrons. The van der Waals surface area contributed by atoms with E-state index >= 15 is 0 Å². The molecule has 0 saturated heterocycles. The highest BCUT2D eigenvalue weighted by Gasteiger charge is 2.20. The Morgan fingerprint density at radius 1 is 1.33 bits per heavy atom. The van der Waals surface area contributed by atoms with Crippen LogP contribution in [0.5, 0.6) is 0 Å². The van der Waals surface area contributed by atoms with Gasteiger partial charge in [0.1, 0.15) is 4.33 Å². The second kappa shape index (κ2) is 4.37. The molecule has 0 fully saturated rings. The van der Waals surface area contributed by atoms with Gasteiger partial charge in [0, 0.05) is 0 Å². The molecule has 0 aromatic heterocycles. The van der Waals surface area contributed by atoms with Gasteiger partial charge in [0.2, 0.25) is 0 Å². The summed E-state index contributed by atoms with van der Waals surface area (Å²) in [5.41, 5.74) is 5.28. The van der Waals surface area contributed by atoms with Crippen LogP contribution in [0.15, 0.2) is 0 Å². The fraction of sp³-hybridized carbons (Fsp3) is 1.00. The lowest BCUT2D eigenvalue weighted by Crippen LogP contribution is -2.17. The van der Waals surface area contributed by atoms with Crippen molar-refractivity contribution in [3.63, 3.8) is 0 Å². The van der Waals surface area contributed by atoms with Crippen LogP contribution < -0.4 is 5.73 Å². The molecule has 1 nitrogen and oxygen atoms in total. The maximum atomic E-state index is 5.82. The highest BCUT2D eigenvalue weighted by molar-refractivity contribution is 6.48. The highest BCUT2D eigenvalue weighted by atomic mass is 35.5. The molecule has 0 aromatic rings. The largest absolute Gasteiger partial charge is 0.330 e. The van der Waals surface area contributed by atoms with Crippen molar-refractivity contribution in [2.75, 3.05) is 6.54 Å². The molecular weight excluding hydrogens is 157 g/mol. The predicted octanol–water partition coefficient (Wildman–Crippen LogP) is 2.31. The molecule has 0 bridgehead atoms. The number of rotatable bonds is 4. The van der Waals surface area contributed by atoms with Crippen LogP contribution in [0, 0.1) is 0 Å². The van der Waals surface area contributed by atoms with Crippen LogP contribution in [-0.4, -0.2) is 10.9 Å². The second-order valence-electron chi connectivity index (χ2n) is 2.14. The Morgan fingerprint density at radius 2 is 1.89 bits per heavy atom. The van der Waals surface area contributed by atoms with E-state index < -0.39 is 4.33 Å². The van der Waals surface area contributed by atoms with E-state index in [1.54, 1.807) is 0 Å². The zero-order valence-electron chi connectivity index (χ0n) is 5.66. The topological polar surface area (TPSA) is 26.0 Å². The molecule has 2 N–H and O–H groups in total. The molecule has 0 unspecified atom stereocenters. The summed E-state index contributed by atoms with van der Waals surface area (Å²) in [5, 5.41) is 0. The summed E-state index contributed by atoms with van der Waals surface area (Å²) in [4.78, 5) is 0. The second-order valence-corrected chi connectivity index (χ2v) is 3.79. The van der Waals surface area contributed by atoms with Crippen LogP contribution in [0.1, 0.15) is 26.2 Å². The Labute approximate surface area is 66.5 Å². The fourth-order valence-electron chi connectivity index (χ4n) is 0.702. The minimum atomic E-state index is -0.580. The maximum Gasteiger partial charge on any atom is 0.119 e. The average molecular weight is 170 g/mol. The van der Waals surface area contributed by atoms with E-state index in [1.165, 1.54) is 0 Å². The molecule has 0 aliphatic carbocycles. The molecule has 0 amide bonds. The standard InChI is InChI=1S/C6H13Cl2N/c1-2-3-6(7,8)4-5-9/h2-5,9H2,1H3. The third-order valence-electron chi connectivity index (χ3n) is 1.13. The Morgan fingerprint density at radius 3 is 2.22 bits per heavy atom. The van der Waals surface area contributed by atoms with Gasteiger partial charge in [0.05, 0.1) is 0 Å². The van der Waals surface area contributed by atoms with E-state index in [1.807, 2.05) is 0 Å². The Hall–Kier alpha value is 0.540. The summed E-state index contributed by atoms with van der Waals surface area (Å²) >= 11 is 11.6. The van der Waals surface area contributed by atoms with Gasteiger partial charge in [-0.05, 0) is 19.4 Å². The molecule has 0 aliphatic heterocycles. The van der Waals surface area contributed by atoms with Crippen molar-refractivity contribution in [1.29, 1.82) is 0 Å². The molecule has 0 saturated carbocycles. The van der Waals surface area contributed by atoms with Crippen LogP contribution in [0.2, 0.25) is 0 Å². The number of halogens is 2. The van der Waals surface area contributed by atoms with Gasteiger partial charge in [-0.1, -0.05) is 13.3 Å². The minimum Gasteiger partial charge on any atom is -0.330 e. The van der Waals surface area contributed by atoms with E-state index in [0.717, 1.165) is 12.8 Å². The maximum absolute atomic E-state index is 5.82. The van der Waals surface area contributed by atoms with Crippen LogP contribution in [0.3, 0.4) is 0 Å². The first-order valence-electron chi connectivity index (χ1n) is 3.20. The molecule has 56 valence electrons. The third kappa shape index (κ3) is 5.01. The fourth-order valence-corrected chi connectivity index (χ4v) is 1.30. The quantitative estimate of drug-likeness (QED) is 0.643. The van der Waals surface area contributed by atoms with Crippen molar-refractivity contribution in [2.45, 2.75) is 30.5 Å². The average Bonchev–Trinajstić information content (AvgIpc) is 1.64. The van der Waals surface area contributed by atoms with Crippen LogP contribution >= 0.6 is 23.2 Å². The first-order valence-corrected chi connectivity index (χ1v) is 3.96. The van der Waals surface area contributed by atoms with Gasteiger partial charge >= 0.3 is 0 Å². The Balaban J connectivity index is 3.43. The normalized spacial score (nSPS) is 12.0. The van der Waals surface area contributed by atoms with Gasteiger partial charge in [0.25, 0.3) is 0 Å². The summed E-state index contributed by atoms with van der Waals surface area (Å²) in [6.45, 7) is 2.61. The van der Waals surface area contributed by atoms with Crippen LogP contribution in [0.4, 0.5) is 0 Å². The van der Waals surface area contributed by atoms with Crippen molar-refractivity contribution in [3.05, 3.63) is 0 Å². The van der Waals surface area contributed by atoms with Crippen LogP contribution in [-0.2, 0) is 0 Å². The van der Waals surface area contributed by atoms with Gasteiger partial charge in [-0.2, -0.15) is 0 Å². The van der Waals surface area contributed by atoms with E-state index in [-0.39, 0.29) is 0 Å². The van der Waals surface area contributed by atoms with Crippen LogP contribution in [0.25, 0.3) is 0 Å². The lowest BCUT2D eigenvalue weighted by molar-refractivity contribution is 0.632. The SMILES string of the molecule is CCCC(Cl)(Cl)CCN. The van der Waals surface area contributed by atoms with Crippen molar-refractivity contribution in [2.24, 2.45) is 5.73 Å². The first kappa shape index (κ1) is 9.54. The third-order valence-corrected chi connectivity index (χ3v) is 1.88. The zero-order chi connectivity index (χ0) is 7.33. The molecule has 0 aliphatic rings. The van der Waals surface area contributed by atoms with E-state index in [0.29, 0.717) is 13.0 Å². The molecular formula is C6H13Cl2N. The van der Waals surface area contributed by atoms with Crippen molar-refractivity contribution < 1.29 is 0 Å². The van der Waals surface area contributed by atoms with E-state index in [9.17, 15) is 0 Å². The minimum absolute atomic E-state index is 0.562. The number of alkyl halides is 2. The monoisotopic (exact) mass is 169 g/mol. The lowest BCUT2D eigenvalue weighted by atomic mass is 10.2. The molecule has 0 rings (SSSR count). The number of nitrogens with two attached hydrogens (primary N) is 1. The van der Waals surface area contributed by atoms with Crippen molar-refractivity contribution in [3.8, 4) is 0 Å². The molecule has 0 atom stereocenters. The molecule has 0 spiro atoms. The molecule has 0 aromatic carbocycles. The highest BCUT2D eigenvalue weighted by Crippen LogP contribution is 2.29. The van der Waals surface area contributed by atoms with Crippen molar-refractivity contribution >= 4 is 23.2 Å². The Kier molecular flexibility index (Phi) is 4.63. The van der Waals surface area contributed by atoms with Gasteiger partial charge < -0.3 is 5.73 Å². The number of hydrogen-bond donors (Lipinski definition) is 1. The zero-order valence-corrected chi connectivity index (χ0v) is 7.17. The summed E-state index contributed by atoms with van der Waals surface area (Å²) in [5.74, 6) is 0. The lowest BCUT2D eigenvalue weighted by Gasteiger charge is -2.16. The summed E-state index contributed by atoms with van der Waals surface area (Å²) in [7, 11) is 0. The van der Waals surface area contributed by atoms with E-state index in [4.69, 9.17) is 28.9 Å². The van der Waals surface area contributed by atoms with Gasteiger partial charge in [0.15, 0.2) is 0 Å². The van der Waals surface area contributed by atoms with Gasteiger partial charge in [-0.25, -0.2) is 0 Å². The summed E-state index contributed by atoms with van der Waals surface area (Å²) in [6, 6.07) is 0. The first-order chi connectivity index (χ1) is 4.12.